The second-order valence-corrected chi connectivity index (χ2v) is 18.0. The van der Waals surface area contributed by atoms with Crippen molar-refractivity contribution in [2.24, 2.45) is 22.7 Å². The van der Waals surface area contributed by atoms with Crippen LogP contribution in [0.5, 0.6) is 0 Å². The highest BCUT2D eigenvalue weighted by molar-refractivity contribution is 5.92. The van der Waals surface area contributed by atoms with E-state index in [-0.39, 0.29) is 17.9 Å². The number of benzene rings is 1. The van der Waals surface area contributed by atoms with E-state index in [0.717, 1.165) is 58.5 Å². The van der Waals surface area contributed by atoms with Gasteiger partial charge in [0.25, 0.3) is 0 Å². The van der Waals surface area contributed by atoms with Gasteiger partial charge >= 0.3 is 17.9 Å². The number of hydrogen-bond donors (Lipinski definition) is 2. The number of carbonyl (C=O) groups excluding carboxylic acids is 3. The lowest BCUT2D eigenvalue weighted by molar-refractivity contribution is -0.243. The summed E-state index contributed by atoms with van der Waals surface area (Å²) in [7, 11) is 6.32. The summed E-state index contributed by atoms with van der Waals surface area (Å²) in [6.45, 7) is 13.3. The van der Waals surface area contributed by atoms with E-state index in [4.69, 9.17) is 18.9 Å². The molecule has 6 heterocycles. The number of ether oxygens (including phenoxy) is 4. The molecule has 3 unspecified atom stereocenters. The molecule has 0 amide bonds. The van der Waals surface area contributed by atoms with Crippen molar-refractivity contribution in [3.8, 4) is 0 Å². The molecule has 9 rings (SSSR count). The van der Waals surface area contributed by atoms with Gasteiger partial charge in [0.1, 0.15) is 5.41 Å². The highest BCUT2D eigenvalue weighted by Crippen LogP contribution is 2.70. The molecule has 1 aromatic heterocycles. The van der Waals surface area contributed by atoms with Crippen LogP contribution in [0.2, 0.25) is 0 Å². The number of carbonyl (C=O) groups is 3. The molecule has 59 heavy (non-hydrogen) atoms. The number of fused-ring (bicyclic) bond motifs is 6. The fourth-order valence-corrected chi connectivity index (χ4v) is 13.5. The van der Waals surface area contributed by atoms with Crippen LogP contribution < -0.4 is 0 Å². The zero-order valence-electron chi connectivity index (χ0n) is 35.4. The van der Waals surface area contributed by atoms with Crippen molar-refractivity contribution in [3.05, 3.63) is 88.8 Å². The summed E-state index contributed by atoms with van der Waals surface area (Å²) in [6.07, 6.45) is 13.3. The number of likely N-dealkylation sites (tertiary alicyclic amines) is 1. The van der Waals surface area contributed by atoms with Crippen molar-refractivity contribution >= 4 is 34.9 Å². The van der Waals surface area contributed by atoms with E-state index in [1.165, 1.54) is 26.7 Å². The van der Waals surface area contributed by atoms with Gasteiger partial charge in [0.2, 0.25) is 5.60 Å². The average molecular weight is 807 g/mol. The van der Waals surface area contributed by atoms with Crippen molar-refractivity contribution < 1.29 is 38.4 Å². The zero-order valence-corrected chi connectivity index (χ0v) is 35.4. The first-order chi connectivity index (χ1) is 28.3. The van der Waals surface area contributed by atoms with Gasteiger partial charge < -0.3 is 33.9 Å². The van der Waals surface area contributed by atoms with Gasteiger partial charge in [-0.05, 0) is 73.1 Å². The number of aromatic nitrogens is 1. The number of H-pyrrole nitrogens is 1. The fourth-order valence-electron chi connectivity index (χ4n) is 13.5. The lowest BCUT2D eigenvalue weighted by atomic mass is 9.47. The first-order valence-electron chi connectivity index (χ1n) is 21.2. The number of aromatic amines is 1. The molecule has 314 valence electrons. The van der Waals surface area contributed by atoms with E-state index in [0.29, 0.717) is 38.9 Å². The van der Waals surface area contributed by atoms with Gasteiger partial charge in [-0.25, -0.2) is 4.79 Å². The summed E-state index contributed by atoms with van der Waals surface area (Å²) in [5, 5.41) is 14.4. The molecule has 1 saturated carbocycles. The third-order valence-electron chi connectivity index (χ3n) is 15.5. The van der Waals surface area contributed by atoms with Crippen LogP contribution in [0, 0.1) is 22.7 Å². The maximum atomic E-state index is 15.3. The van der Waals surface area contributed by atoms with Crippen LogP contribution in [-0.4, -0.2) is 127 Å². The van der Waals surface area contributed by atoms with Crippen LogP contribution in [0.1, 0.15) is 63.3 Å². The number of rotatable bonds is 8. The number of methoxy groups -OCH3 is 3. The molecule has 2 aromatic rings. The van der Waals surface area contributed by atoms with Crippen molar-refractivity contribution in [2.75, 3.05) is 54.6 Å². The van der Waals surface area contributed by atoms with Crippen LogP contribution in [0.4, 0.5) is 0 Å². The minimum atomic E-state index is -2.27. The molecule has 11 atom stereocenters. The molecule has 7 aliphatic rings. The lowest BCUT2D eigenvalue weighted by Crippen LogP contribution is -2.79. The minimum Gasteiger partial charge on any atom is -0.468 e. The van der Waals surface area contributed by atoms with Gasteiger partial charge in [-0.3, -0.25) is 19.4 Å². The number of esters is 3. The third-order valence-corrected chi connectivity index (χ3v) is 15.5. The summed E-state index contributed by atoms with van der Waals surface area (Å²) < 4.78 is 24.1. The number of aliphatic hydroxyl groups is 1. The predicted octanol–water partition coefficient (Wildman–Crippen LogP) is 5.04. The molecule has 1 spiro atoms. The third kappa shape index (κ3) is 5.18. The normalized spacial score (nSPS) is 38.1. The van der Waals surface area contributed by atoms with Crippen molar-refractivity contribution in [2.45, 2.75) is 88.3 Å². The molecule has 3 fully saturated rings. The van der Waals surface area contributed by atoms with Gasteiger partial charge in [0.05, 0.1) is 26.4 Å². The van der Waals surface area contributed by atoms with Crippen LogP contribution >= 0.6 is 0 Å². The second kappa shape index (κ2) is 14.0. The molecular weight excluding hydrogens is 749 g/mol. The van der Waals surface area contributed by atoms with Gasteiger partial charge in [-0.15, -0.1) is 0 Å². The topological polar surface area (TPSA) is 134 Å². The first-order valence-corrected chi connectivity index (χ1v) is 21.2. The lowest BCUT2D eigenvalue weighted by Gasteiger charge is -2.63. The highest BCUT2D eigenvalue weighted by atomic mass is 16.6. The quantitative estimate of drug-likeness (QED) is 0.211. The van der Waals surface area contributed by atoms with E-state index < -0.39 is 58.0 Å². The monoisotopic (exact) mass is 806 g/mol. The van der Waals surface area contributed by atoms with E-state index >= 15 is 4.79 Å². The van der Waals surface area contributed by atoms with Gasteiger partial charge in [0.15, 0.2) is 6.10 Å². The Labute approximate surface area is 346 Å². The van der Waals surface area contributed by atoms with E-state index in [1.807, 2.05) is 31.0 Å². The Morgan fingerprint density at radius 1 is 1.05 bits per heavy atom. The van der Waals surface area contributed by atoms with Gasteiger partial charge in [-0.1, -0.05) is 62.4 Å². The molecule has 12 heteroatoms. The zero-order chi connectivity index (χ0) is 41.8. The molecule has 2 saturated heterocycles. The number of nitrogens with zero attached hydrogens (tertiary/aromatic N) is 3. The summed E-state index contributed by atoms with van der Waals surface area (Å²) in [5.74, 6) is -2.31. The summed E-state index contributed by atoms with van der Waals surface area (Å²) in [4.78, 5) is 53.5. The summed E-state index contributed by atoms with van der Waals surface area (Å²) in [5.41, 5.74) is 1.62. The first kappa shape index (κ1) is 39.9. The number of likely N-dealkylation sites (N-methyl/N-ethyl adjacent to an activating group) is 1. The Morgan fingerprint density at radius 3 is 2.51 bits per heavy atom. The van der Waals surface area contributed by atoms with Gasteiger partial charge in [-0.2, -0.15) is 0 Å². The molecule has 2 bridgehead atoms. The Kier molecular flexibility index (Phi) is 9.51. The number of allylic oxidation sites excluding steroid dienone is 1. The Bertz CT molecular complexity index is 2260. The number of nitrogens with one attached hydrogen (secondary N) is 1. The predicted molar refractivity (Wildman–Crippen MR) is 223 cm³/mol. The van der Waals surface area contributed by atoms with E-state index in [1.54, 1.807) is 7.11 Å². The van der Waals surface area contributed by atoms with Crippen molar-refractivity contribution in [3.63, 3.8) is 0 Å². The van der Waals surface area contributed by atoms with E-state index in [2.05, 4.69) is 70.8 Å². The van der Waals surface area contributed by atoms with Crippen LogP contribution in [0.15, 0.2) is 72.0 Å². The van der Waals surface area contributed by atoms with Crippen LogP contribution in [-0.2, 0) is 45.3 Å². The van der Waals surface area contributed by atoms with Crippen molar-refractivity contribution in [1.29, 1.82) is 0 Å². The molecule has 2 N–H and O–H groups in total. The molecule has 0 radical (unpaired) electrons. The standard InChI is InChI=1S/C47H58N4O8/c1-9-28-13-14-35-31(20-28)32-26-50-24-29(10-2)19-30(25-50)23-46(38(32)48-35,42(53)57-7)34-21-33-36(22-37(34)56-6)49(5)40-45(33)16-18-51-17-12-15-44(11-3,39(45)51)41(59-27(4)52)47(40,55)43(54)58-8/h9,12-15,19-22,30,34,37,39-41,48,55H,1,10-11,16-18,23-26H2,2-8H3/t30-,34?,37?,39+,40-,41-,44-,45-,46+,47+/m1/s1. The van der Waals surface area contributed by atoms with Gasteiger partial charge in [0, 0.05) is 92.3 Å². The summed E-state index contributed by atoms with van der Waals surface area (Å²) in [6, 6.07) is 5.12. The Balaban J connectivity index is 1.34. The average Bonchev–Trinajstić information content (AvgIpc) is 3.89. The SMILES string of the molecule is C=Cc1ccc2[nH]c3c(c2c1)CN1CC(CC)=C[C@@H](C1)C[C@]3(C(=O)OC)C1C=C2C(=CC1OC)N(C)[C@H]1[C@@](O)(C(=O)OC)[C@H](OC(C)=O)[C@]3(CC)C=CCN4CC[C@]21[C@@H]43. The highest BCUT2D eigenvalue weighted by Gasteiger charge is 2.81. The maximum Gasteiger partial charge on any atom is 0.344 e. The van der Waals surface area contributed by atoms with Crippen molar-refractivity contribution in [1.82, 2.24) is 19.7 Å². The van der Waals surface area contributed by atoms with Crippen LogP contribution in [0.3, 0.4) is 0 Å². The van der Waals surface area contributed by atoms with E-state index in [9.17, 15) is 14.7 Å². The summed E-state index contributed by atoms with van der Waals surface area (Å²) >= 11 is 0. The molecule has 5 aliphatic heterocycles. The smallest absolute Gasteiger partial charge is 0.344 e. The maximum absolute atomic E-state index is 15.3. The Morgan fingerprint density at radius 2 is 1.83 bits per heavy atom. The molecule has 1 aromatic carbocycles. The molecule has 2 aliphatic carbocycles. The minimum absolute atomic E-state index is 0.0429. The molecule has 12 nitrogen and oxygen atoms in total. The second-order valence-electron chi connectivity index (χ2n) is 18.0. The largest absolute Gasteiger partial charge is 0.468 e. The Hall–Kier alpha value is -4.49. The molecular formula is C47H58N4O8. The fraction of sp³-hybridized carbons (Fsp3) is 0.553. The van der Waals surface area contributed by atoms with Crippen LogP contribution in [0.25, 0.3) is 17.0 Å². The number of hydrogen-bond acceptors (Lipinski definition) is 11.